The maximum absolute atomic E-state index is 12.9. The Labute approximate surface area is 208 Å². The van der Waals surface area contributed by atoms with Crippen LogP contribution < -0.4 is 10.1 Å². The maximum Gasteiger partial charge on any atom is 0.257 e. The van der Waals surface area contributed by atoms with Crippen molar-refractivity contribution in [1.82, 2.24) is 9.88 Å². The average Bonchev–Trinajstić information content (AvgIpc) is 3.28. The summed E-state index contributed by atoms with van der Waals surface area (Å²) < 4.78 is 11.9. The van der Waals surface area contributed by atoms with E-state index < -0.39 is 0 Å². The monoisotopic (exact) mass is 495 g/mol. The zero-order valence-corrected chi connectivity index (χ0v) is 20.5. The molecule has 0 spiro atoms. The van der Waals surface area contributed by atoms with Crippen LogP contribution in [0.15, 0.2) is 66.7 Å². The number of thiazole rings is 1. The van der Waals surface area contributed by atoms with Gasteiger partial charge in [0.15, 0.2) is 5.13 Å². The van der Waals surface area contributed by atoms with Gasteiger partial charge in [-0.05, 0) is 35.4 Å². The molecule has 2 heterocycles. The van der Waals surface area contributed by atoms with E-state index >= 15 is 0 Å². The van der Waals surface area contributed by atoms with Gasteiger partial charge in [-0.25, -0.2) is 4.98 Å². The van der Waals surface area contributed by atoms with Crippen LogP contribution in [0.5, 0.6) is 5.75 Å². The van der Waals surface area contributed by atoms with Crippen LogP contribution in [0.3, 0.4) is 0 Å². The minimum atomic E-state index is -0.174. The normalized spacial score (nSPS) is 13.9. The third-order valence-corrected chi connectivity index (χ3v) is 6.76. The van der Waals surface area contributed by atoms with Crippen molar-refractivity contribution in [2.75, 3.05) is 38.7 Å². The van der Waals surface area contributed by atoms with Crippen molar-refractivity contribution in [2.45, 2.75) is 6.54 Å². The summed E-state index contributed by atoms with van der Waals surface area (Å²) >= 11 is 1.46. The Kier molecular flexibility index (Phi) is 7.80. The van der Waals surface area contributed by atoms with Gasteiger partial charge in [0.25, 0.3) is 5.91 Å². The smallest absolute Gasteiger partial charge is 0.257 e. The van der Waals surface area contributed by atoms with E-state index in [1.54, 1.807) is 7.11 Å². The molecule has 0 unspecified atom stereocenters. The van der Waals surface area contributed by atoms with Crippen LogP contribution in [0.2, 0.25) is 0 Å². The van der Waals surface area contributed by atoms with Crippen LogP contribution in [-0.2, 0) is 11.3 Å². The molecule has 176 valence electrons. The number of nitrogens with zero attached hydrogens (tertiary/aromatic N) is 2. The molecule has 0 bridgehead atoms. The summed E-state index contributed by atoms with van der Waals surface area (Å²) in [5.74, 6) is 0.515. The van der Waals surface area contributed by atoms with Gasteiger partial charge in [-0.3, -0.25) is 15.0 Å². The number of carbonyl (C=O) groups excluding carboxylic acids is 1. The van der Waals surface area contributed by atoms with Crippen molar-refractivity contribution in [3.8, 4) is 16.9 Å². The summed E-state index contributed by atoms with van der Waals surface area (Å²) in [6.45, 7) is 4.30. The van der Waals surface area contributed by atoms with Gasteiger partial charge in [0.05, 0.1) is 25.0 Å². The molecule has 6 nitrogen and oxygen atoms in total. The molecular weight excluding hydrogens is 470 g/mol. The highest BCUT2D eigenvalue weighted by Gasteiger charge is 2.17. The van der Waals surface area contributed by atoms with Gasteiger partial charge < -0.3 is 9.47 Å². The van der Waals surface area contributed by atoms with E-state index in [4.69, 9.17) is 9.47 Å². The van der Waals surface area contributed by atoms with E-state index in [9.17, 15) is 4.79 Å². The number of anilines is 1. The molecule has 1 aliphatic heterocycles. The minimum absolute atomic E-state index is 0. The SMILES string of the molecule is COc1ccc(-c2ccccc2)c2sc(NC(=O)c3ccc(CN4CCOCC4)cc3)nc12.Cl. The number of amides is 1. The van der Waals surface area contributed by atoms with Crippen molar-refractivity contribution in [3.05, 3.63) is 77.9 Å². The van der Waals surface area contributed by atoms with Crippen LogP contribution >= 0.6 is 23.7 Å². The highest BCUT2D eigenvalue weighted by Crippen LogP contribution is 2.39. The molecule has 0 saturated carbocycles. The largest absolute Gasteiger partial charge is 0.494 e. The molecule has 34 heavy (non-hydrogen) atoms. The van der Waals surface area contributed by atoms with E-state index in [0.717, 1.165) is 54.2 Å². The highest BCUT2D eigenvalue weighted by atomic mass is 35.5. The second-order valence-corrected chi connectivity index (χ2v) is 8.92. The zero-order chi connectivity index (χ0) is 22.6. The van der Waals surface area contributed by atoms with Crippen molar-refractivity contribution < 1.29 is 14.3 Å². The molecular formula is C26H26ClN3O3S. The van der Waals surface area contributed by atoms with Crippen LogP contribution in [0.25, 0.3) is 21.3 Å². The number of aromatic nitrogens is 1. The van der Waals surface area contributed by atoms with Gasteiger partial charge in [0, 0.05) is 30.8 Å². The third-order valence-electron chi connectivity index (χ3n) is 5.76. The predicted molar refractivity (Wildman–Crippen MR) is 139 cm³/mol. The molecule has 0 radical (unpaired) electrons. The quantitative estimate of drug-likeness (QED) is 0.384. The number of methoxy groups -OCH3 is 1. The lowest BCUT2D eigenvalue weighted by Gasteiger charge is -2.26. The molecule has 1 aliphatic rings. The van der Waals surface area contributed by atoms with Crippen LogP contribution in [0, 0.1) is 0 Å². The van der Waals surface area contributed by atoms with Gasteiger partial charge >= 0.3 is 0 Å². The summed E-state index contributed by atoms with van der Waals surface area (Å²) in [7, 11) is 1.63. The number of benzene rings is 3. The van der Waals surface area contributed by atoms with E-state index in [2.05, 4.69) is 27.3 Å². The Morgan fingerprint density at radius 1 is 1.06 bits per heavy atom. The van der Waals surface area contributed by atoms with Gasteiger partial charge in [0.2, 0.25) is 0 Å². The number of hydrogen-bond donors (Lipinski definition) is 1. The van der Waals surface area contributed by atoms with Crippen molar-refractivity contribution >= 4 is 45.0 Å². The second kappa shape index (κ2) is 11.0. The molecule has 3 aromatic carbocycles. The standard InChI is InChI=1S/C26H25N3O3S.ClH/c1-31-22-12-11-21(19-5-3-2-4-6-19)24-23(22)27-26(33-24)28-25(30)20-9-7-18(8-10-20)17-29-13-15-32-16-14-29;/h2-12H,13-17H2,1H3,(H,27,28,30);1H. The predicted octanol–water partition coefficient (Wildman–Crippen LogP) is 5.48. The fourth-order valence-electron chi connectivity index (χ4n) is 3.99. The average molecular weight is 496 g/mol. The number of nitrogens with one attached hydrogen (secondary N) is 1. The summed E-state index contributed by atoms with van der Waals surface area (Å²) in [6, 6.07) is 21.9. The minimum Gasteiger partial charge on any atom is -0.494 e. The lowest BCUT2D eigenvalue weighted by atomic mass is 10.1. The van der Waals surface area contributed by atoms with Crippen molar-refractivity contribution in [3.63, 3.8) is 0 Å². The molecule has 5 rings (SSSR count). The Morgan fingerprint density at radius 3 is 2.50 bits per heavy atom. The topological polar surface area (TPSA) is 63.7 Å². The van der Waals surface area contributed by atoms with Crippen molar-refractivity contribution in [2.24, 2.45) is 0 Å². The first-order valence-corrected chi connectivity index (χ1v) is 11.8. The van der Waals surface area contributed by atoms with Gasteiger partial charge in [-0.1, -0.05) is 53.8 Å². The van der Waals surface area contributed by atoms with E-state index in [1.165, 1.54) is 16.9 Å². The third kappa shape index (κ3) is 5.23. The Balaban J connectivity index is 0.00000274. The second-order valence-electron chi connectivity index (χ2n) is 7.92. The molecule has 1 aromatic heterocycles. The molecule has 1 saturated heterocycles. The van der Waals surface area contributed by atoms with Gasteiger partial charge in [0.1, 0.15) is 11.3 Å². The number of rotatable bonds is 6. The molecule has 0 aliphatic carbocycles. The fourth-order valence-corrected chi connectivity index (χ4v) is 5.01. The summed E-state index contributed by atoms with van der Waals surface area (Å²) in [4.78, 5) is 19.9. The van der Waals surface area contributed by atoms with E-state index in [1.807, 2.05) is 54.6 Å². The summed E-state index contributed by atoms with van der Waals surface area (Å²) in [5, 5.41) is 3.51. The summed E-state index contributed by atoms with van der Waals surface area (Å²) in [5.41, 5.74) is 4.71. The van der Waals surface area contributed by atoms with Gasteiger partial charge in [-0.2, -0.15) is 0 Å². The number of carbonyl (C=O) groups is 1. The summed E-state index contributed by atoms with van der Waals surface area (Å²) in [6.07, 6.45) is 0. The number of ether oxygens (including phenoxy) is 2. The molecule has 1 N–H and O–H groups in total. The molecule has 1 fully saturated rings. The first-order chi connectivity index (χ1) is 16.2. The van der Waals surface area contributed by atoms with E-state index in [0.29, 0.717) is 16.4 Å². The zero-order valence-electron chi connectivity index (χ0n) is 18.8. The molecule has 4 aromatic rings. The van der Waals surface area contributed by atoms with E-state index in [-0.39, 0.29) is 18.3 Å². The number of fused-ring (bicyclic) bond motifs is 1. The lowest BCUT2D eigenvalue weighted by Crippen LogP contribution is -2.35. The highest BCUT2D eigenvalue weighted by molar-refractivity contribution is 7.23. The Hall–Kier alpha value is -2.97. The molecule has 0 atom stereocenters. The Bertz CT molecular complexity index is 1260. The number of halogens is 1. The first kappa shape index (κ1) is 24.2. The van der Waals surface area contributed by atoms with Crippen LogP contribution in [0.1, 0.15) is 15.9 Å². The molecule has 1 amide bonds. The Morgan fingerprint density at radius 2 is 1.79 bits per heavy atom. The lowest BCUT2D eigenvalue weighted by molar-refractivity contribution is 0.0342. The molecule has 8 heteroatoms. The number of morpholine rings is 1. The van der Waals surface area contributed by atoms with Crippen molar-refractivity contribution in [1.29, 1.82) is 0 Å². The van der Waals surface area contributed by atoms with Crippen LogP contribution in [-0.4, -0.2) is 49.2 Å². The van der Waals surface area contributed by atoms with Gasteiger partial charge in [-0.15, -0.1) is 12.4 Å². The van der Waals surface area contributed by atoms with Crippen LogP contribution in [0.4, 0.5) is 5.13 Å². The maximum atomic E-state index is 12.9. The first-order valence-electron chi connectivity index (χ1n) is 10.9. The fraction of sp³-hybridized carbons (Fsp3) is 0.231. The number of hydrogen-bond acceptors (Lipinski definition) is 6.